The molecule has 0 spiro atoms. The minimum atomic E-state index is -0.593. The number of nitrogens with zero attached hydrogens (tertiary/aromatic N) is 1. The lowest BCUT2D eigenvalue weighted by Crippen LogP contribution is -2.38. The molecular formula is C22H24N2O4. The van der Waals surface area contributed by atoms with Crippen molar-refractivity contribution in [3.8, 4) is 11.1 Å². The highest BCUT2D eigenvalue weighted by molar-refractivity contribution is 5.95. The van der Waals surface area contributed by atoms with Crippen molar-refractivity contribution in [2.24, 2.45) is 0 Å². The van der Waals surface area contributed by atoms with Crippen LogP contribution in [0.5, 0.6) is 0 Å². The molecule has 3 rings (SSSR count). The predicted molar refractivity (Wildman–Crippen MR) is 111 cm³/mol. The topological polar surface area (TPSA) is 82.8 Å². The minimum absolute atomic E-state index is 0.125. The van der Waals surface area contributed by atoms with E-state index in [1.807, 2.05) is 43.3 Å². The molecule has 1 heterocycles. The zero-order chi connectivity index (χ0) is 20.3. The van der Waals surface area contributed by atoms with E-state index in [0.717, 1.165) is 27.8 Å². The Kier molecular flexibility index (Phi) is 5.80. The Hall–Kier alpha value is -3.12. The highest BCUT2D eigenvalue weighted by atomic mass is 16.4. The van der Waals surface area contributed by atoms with Crippen molar-refractivity contribution >= 4 is 22.6 Å². The molecule has 0 saturated carbocycles. The first-order chi connectivity index (χ1) is 13.3. The maximum Gasteiger partial charge on any atom is 0.336 e. The summed E-state index contributed by atoms with van der Waals surface area (Å²) in [5.74, 6) is -0.196. The first-order valence-corrected chi connectivity index (χ1v) is 9.15. The number of likely N-dealkylation sites (N-methyl/N-ethyl adjacent to an activating group) is 1. The van der Waals surface area contributed by atoms with Crippen LogP contribution in [0.4, 0.5) is 5.69 Å². The average molecular weight is 380 g/mol. The average Bonchev–Trinajstić information content (AvgIpc) is 2.65. The van der Waals surface area contributed by atoms with Gasteiger partial charge in [0.2, 0.25) is 5.91 Å². The van der Waals surface area contributed by atoms with Gasteiger partial charge in [-0.05, 0) is 37.1 Å². The molecule has 28 heavy (non-hydrogen) atoms. The van der Waals surface area contributed by atoms with Crippen molar-refractivity contribution in [2.45, 2.75) is 20.0 Å². The summed E-state index contributed by atoms with van der Waals surface area (Å²) in [7, 11) is 1.78. The summed E-state index contributed by atoms with van der Waals surface area (Å²) in [5.41, 5.74) is 3.70. The number of aryl methyl sites for hydroxylation is 1. The molecule has 2 aromatic carbocycles. The van der Waals surface area contributed by atoms with Gasteiger partial charge in [-0.3, -0.25) is 4.79 Å². The molecule has 1 atom stereocenters. The molecule has 1 amide bonds. The van der Waals surface area contributed by atoms with Gasteiger partial charge in [-0.15, -0.1) is 0 Å². The van der Waals surface area contributed by atoms with Crippen LogP contribution < -0.4 is 15.8 Å². The quantitative estimate of drug-likeness (QED) is 0.643. The Balaban J connectivity index is 1.93. The van der Waals surface area contributed by atoms with Gasteiger partial charge >= 0.3 is 5.63 Å². The van der Waals surface area contributed by atoms with E-state index in [-0.39, 0.29) is 19.0 Å². The van der Waals surface area contributed by atoms with E-state index in [4.69, 9.17) is 4.42 Å². The maximum atomic E-state index is 12.1. The third kappa shape index (κ3) is 4.40. The molecule has 0 aliphatic rings. The normalized spacial score (nSPS) is 12.0. The number of amides is 1. The summed E-state index contributed by atoms with van der Waals surface area (Å²) in [4.78, 5) is 25.9. The number of aliphatic hydroxyl groups excluding tert-OH is 1. The standard InChI is InChI=1S/C22H24N2O4/c1-14-6-4-5-7-17(14)19-11-22(27)28-20-10-16(8-9-18(19)20)24(3)13-21(26)23-12-15(2)25/h4-11,15,25H,12-13H2,1-3H3,(H,23,26)/t15-/m1/s1. The van der Waals surface area contributed by atoms with E-state index in [1.165, 1.54) is 6.07 Å². The first kappa shape index (κ1) is 19.6. The van der Waals surface area contributed by atoms with E-state index in [2.05, 4.69) is 5.32 Å². The fourth-order valence-electron chi connectivity index (χ4n) is 3.11. The Morgan fingerprint density at radius 3 is 2.64 bits per heavy atom. The zero-order valence-electron chi connectivity index (χ0n) is 16.2. The number of carbonyl (C=O) groups excluding carboxylic acids is 1. The van der Waals surface area contributed by atoms with Gasteiger partial charge in [0.1, 0.15) is 5.58 Å². The first-order valence-electron chi connectivity index (χ1n) is 9.15. The smallest absolute Gasteiger partial charge is 0.336 e. The summed E-state index contributed by atoms with van der Waals surface area (Å²) in [6.07, 6.45) is -0.593. The molecule has 0 radical (unpaired) electrons. The number of rotatable bonds is 6. The van der Waals surface area contributed by atoms with E-state index in [9.17, 15) is 14.7 Å². The van der Waals surface area contributed by atoms with Crippen LogP contribution in [-0.4, -0.2) is 37.3 Å². The number of fused-ring (bicyclic) bond motifs is 1. The van der Waals surface area contributed by atoms with Crippen LogP contribution in [0, 0.1) is 6.92 Å². The minimum Gasteiger partial charge on any atom is -0.423 e. The van der Waals surface area contributed by atoms with Crippen LogP contribution in [0.1, 0.15) is 12.5 Å². The number of nitrogens with one attached hydrogen (secondary N) is 1. The molecule has 2 N–H and O–H groups in total. The largest absolute Gasteiger partial charge is 0.423 e. The molecule has 0 saturated heterocycles. The molecule has 0 bridgehead atoms. The number of hydrogen-bond donors (Lipinski definition) is 2. The van der Waals surface area contributed by atoms with Gasteiger partial charge in [-0.25, -0.2) is 4.79 Å². The molecule has 0 unspecified atom stereocenters. The fourth-order valence-corrected chi connectivity index (χ4v) is 3.11. The fraction of sp³-hybridized carbons (Fsp3) is 0.273. The summed E-state index contributed by atoms with van der Waals surface area (Å²) in [5, 5.41) is 12.8. The number of hydrogen-bond acceptors (Lipinski definition) is 5. The number of benzene rings is 2. The van der Waals surface area contributed by atoms with Gasteiger partial charge in [0, 0.05) is 42.4 Å². The summed E-state index contributed by atoms with van der Waals surface area (Å²) < 4.78 is 5.42. The van der Waals surface area contributed by atoms with Crippen molar-refractivity contribution in [3.63, 3.8) is 0 Å². The van der Waals surface area contributed by atoms with Crippen molar-refractivity contribution in [2.75, 3.05) is 25.0 Å². The highest BCUT2D eigenvalue weighted by Gasteiger charge is 2.13. The third-order valence-corrected chi connectivity index (χ3v) is 4.58. The third-order valence-electron chi connectivity index (χ3n) is 4.58. The molecule has 6 nitrogen and oxygen atoms in total. The van der Waals surface area contributed by atoms with Crippen LogP contribution in [0.15, 0.2) is 57.7 Å². The number of aliphatic hydroxyl groups is 1. The predicted octanol–water partition coefficient (Wildman–Crippen LogP) is 2.70. The van der Waals surface area contributed by atoms with Crippen LogP contribution in [0.25, 0.3) is 22.1 Å². The highest BCUT2D eigenvalue weighted by Crippen LogP contribution is 2.31. The Morgan fingerprint density at radius 2 is 1.93 bits per heavy atom. The second-order valence-electron chi connectivity index (χ2n) is 6.98. The lowest BCUT2D eigenvalue weighted by molar-refractivity contribution is -0.120. The molecule has 0 aliphatic carbocycles. The summed E-state index contributed by atoms with van der Waals surface area (Å²) >= 11 is 0. The van der Waals surface area contributed by atoms with E-state index in [1.54, 1.807) is 24.9 Å². The van der Waals surface area contributed by atoms with E-state index >= 15 is 0 Å². The summed E-state index contributed by atoms with van der Waals surface area (Å²) in [6, 6.07) is 15.0. The molecule has 0 aliphatic heterocycles. The molecule has 6 heteroatoms. The van der Waals surface area contributed by atoms with E-state index < -0.39 is 11.7 Å². The van der Waals surface area contributed by atoms with Crippen LogP contribution in [-0.2, 0) is 4.79 Å². The monoisotopic (exact) mass is 380 g/mol. The van der Waals surface area contributed by atoms with E-state index in [0.29, 0.717) is 5.58 Å². The summed E-state index contributed by atoms with van der Waals surface area (Å²) in [6.45, 7) is 3.95. The maximum absolute atomic E-state index is 12.1. The van der Waals surface area contributed by atoms with Crippen LogP contribution >= 0.6 is 0 Å². The Bertz CT molecular complexity index is 1060. The Labute approximate surface area is 163 Å². The second kappa shape index (κ2) is 8.27. The van der Waals surface area contributed by atoms with Gasteiger partial charge in [-0.1, -0.05) is 24.3 Å². The van der Waals surface area contributed by atoms with Crippen LogP contribution in [0.3, 0.4) is 0 Å². The molecule has 146 valence electrons. The Morgan fingerprint density at radius 1 is 1.18 bits per heavy atom. The van der Waals surface area contributed by atoms with Gasteiger partial charge in [-0.2, -0.15) is 0 Å². The number of anilines is 1. The van der Waals surface area contributed by atoms with Crippen molar-refractivity contribution in [1.82, 2.24) is 5.32 Å². The van der Waals surface area contributed by atoms with Gasteiger partial charge in [0.25, 0.3) is 0 Å². The van der Waals surface area contributed by atoms with Gasteiger partial charge in [0.15, 0.2) is 0 Å². The zero-order valence-corrected chi connectivity index (χ0v) is 16.2. The molecule has 0 fully saturated rings. The van der Waals surface area contributed by atoms with Gasteiger partial charge in [0.05, 0.1) is 12.6 Å². The van der Waals surface area contributed by atoms with Crippen molar-refractivity contribution < 1.29 is 14.3 Å². The lowest BCUT2D eigenvalue weighted by Gasteiger charge is -2.19. The van der Waals surface area contributed by atoms with Gasteiger partial charge < -0.3 is 19.7 Å². The van der Waals surface area contributed by atoms with Crippen molar-refractivity contribution in [3.05, 3.63) is 64.5 Å². The number of carbonyl (C=O) groups is 1. The molecular weight excluding hydrogens is 356 g/mol. The van der Waals surface area contributed by atoms with Crippen molar-refractivity contribution in [1.29, 1.82) is 0 Å². The SMILES string of the molecule is Cc1ccccc1-c1cc(=O)oc2cc(N(C)CC(=O)NC[C@@H](C)O)ccc12. The molecule has 1 aromatic heterocycles. The lowest BCUT2D eigenvalue weighted by atomic mass is 9.98. The second-order valence-corrected chi connectivity index (χ2v) is 6.98. The van der Waals surface area contributed by atoms with Crippen LogP contribution in [0.2, 0.25) is 0 Å². The molecule has 3 aromatic rings.